The molecule has 4 aromatic carbocycles. The van der Waals surface area contributed by atoms with E-state index >= 15 is 0 Å². The standard InChI is InChI=1S/C29H21FINO4S/c1-35-25-14-19(13-24(31)27(25)36-17-18-9-11-22(30)12-10-18)15-26-28(33)32(29(34)37-26)16-21-7-4-6-20-5-2-3-8-23(20)21/h2-15H,16-17H2,1H3/b26-15+. The number of methoxy groups -OCH3 is 1. The normalized spacial score (nSPS) is 14.6. The summed E-state index contributed by atoms with van der Waals surface area (Å²) in [4.78, 5) is 27.6. The molecule has 1 fully saturated rings. The van der Waals surface area contributed by atoms with E-state index in [2.05, 4.69) is 22.6 Å². The van der Waals surface area contributed by atoms with Crippen LogP contribution in [0.15, 0.2) is 83.8 Å². The van der Waals surface area contributed by atoms with Gasteiger partial charge in [-0.15, -0.1) is 0 Å². The van der Waals surface area contributed by atoms with E-state index in [9.17, 15) is 14.0 Å². The van der Waals surface area contributed by atoms with Crippen LogP contribution in [-0.4, -0.2) is 23.2 Å². The van der Waals surface area contributed by atoms with Gasteiger partial charge in [0, 0.05) is 0 Å². The molecule has 1 aliphatic heterocycles. The lowest BCUT2D eigenvalue weighted by molar-refractivity contribution is -0.123. The zero-order chi connectivity index (χ0) is 25.9. The molecule has 8 heteroatoms. The molecular formula is C29H21FINO4S. The maximum atomic E-state index is 13.2. The number of fused-ring (bicyclic) bond motifs is 1. The van der Waals surface area contributed by atoms with Crippen LogP contribution in [0.3, 0.4) is 0 Å². The van der Waals surface area contributed by atoms with Gasteiger partial charge in [-0.2, -0.15) is 0 Å². The maximum Gasteiger partial charge on any atom is 0.293 e. The number of benzene rings is 4. The summed E-state index contributed by atoms with van der Waals surface area (Å²) in [7, 11) is 1.54. The summed E-state index contributed by atoms with van der Waals surface area (Å²) in [6.45, 7) is 0.458. The minimum atomic E-state index is -0.325. The number of carbonyl (C=O) groups excluding carboxylic acids is 2. The molecule has 5 nitrogen and oxygen atoms in total. The lowest BCUT2D eigenvalue weighted by atomic mass is 10.0. The molecule has 0 saturated carbocycles. The Morgan fingerprint density at radius 2 is 1.76 bits per heavy atom. The summed E-state index contributed by atoms with van der Waals surface area (Å²) >= 11 is 3.07. The Hall–Kier alpha value is -3.37. The van der Waals surface area contributed by atoms with E-state index in [1.807, 2.05) is 48.5 Å². The van der Waals surface area contributed by atoms with Crippen molar-refractivity contribution in [2.24, 2.45) is 0 Å². The van der Waals surface area contributed by atoms with Gasteiger partial charge in [0.1, 0.15) is 12.4 Å². The van der Waals surface area contributed by atoms with E-state index in [0.717, 1.165) is 37.2 Å². The van der Waals surface area contributed by atoms with Crippen LogP contribution in [0.4, 0.5) is 9.18 Å². The summed E-state index contributed by atoms with van der Waals surface area (Å²) in [5.74, 6) is 0.416. The molecule has 2 amide bonds. The third-order valence-corrected chi connectivity index (χ3v) is 7.64. The van der Waals surface area contributed by atoms with Crippen LogP contribution in [0.2, 0.25) is 0 Å². The van der Waals surface area contributed by atoms with Gasteiger partial charge in [-0.05, 0) is 92.2 Å². The van der Waals surface area contributed by atoms with Crippen molar-refractivity contribution < 1.29 is 23.5 Å². The fourth-order valence-electron chi connectivity index (χ4n) is 4.09. The number of imide groups is 1. The van der Waals surface area contributed by atoms with E-state index in [0.29, 0.717) is 22.0 Å². The van der Waals surface area contributed by atoms with E-state index in [-0.39, 0.29) is 30.1 Å². The number of amides is 2. The monoisotopic (exact) mass is 625 g/mol. The van der Waals surface area contributed by atoms with Crippen molar-refractivity contribution in [1.29, 1.82) is 0 Å². The van der Waals surface area contributed by atoms with E-state index in [1.165, 1.54) is 24.1 Å². The molecule has 1 heterocycles. The minimum absolute atomic E-state index is 0.209. The SMILES string of the molecule is COc1cc(/C=C2/SC(=O)N(Cc3cccc4ccccc34)C2=O)cc(I)c1OCc1ccc(F)cc1. The number of hydrogen-bond donors (Lipinski definition) is 0. The van der Waals surface area contributed by atoms with Gasteiger partial charge in [-0.1, -0.05) is 54.6 Å². The van der Waals surface area contributed by atoms with Crippen molar-refractivity contribution in [3.05, 3.63) is 110 Å². The Balaban J connectivity index is 1.36. The quantitative estimate of drug-likeness (QED) is 0.158. The molecule has 37 heavy (non-hydrogen) atoms. The first-order valence-corrected chi connectivity index (χ1v) is 13.3. The molecule has 0 atom stereocenters. The molecular weight excluding hydrogens is 604 g/mol. The Kier molecular flexibility index (Phi) is 7.48. The van der Waals surface area contributed by atoms with E-state index < -0.39 is 0 Å². The smallest absolute Gasteiger partial charge is 0.293 e. The third-order valence-electron chi connectivity index (χ3n) is 5.93. The molecule has 0 aliphatic carbocycles. The molecule has 186 valence electrons. The highest BCUT2D eigenvalue weighted by atomic mass is 127. The number of nitrogens with zero attached hydrogens (tertiary/aromatic N) is 1. The van der Waals surface area contributed by atoms with Crippen LogP contribution in [0, 0.1) is 9.39 Å². The van der Waals surface area contributed by atoms with Crippen LogP contribution < -0.4 is 9.47 Å². The molecule has 0 radical (unpaired) electrons. The van der Waals surface area contributed by atoms with Crippen molar-refractivity contribution in [1.82, 2.24) is 4.90 Å². The molecule has 0 N–H and O–H groups in total. The highest BCUT2D eigenvalue weighted by Gasteiger charge is 2.35. The summed E-state index contributed by atoms with van der Waals surface area (Å²) in [6, 6.07) is 23.5. The van der Waals surface area contributed by atoms with E-state index in [1.54, 1.807) is 24.3 Å². The Morgan fingerprint density at radius 1 is 1.00 bits per heavy atom. The number of ether oxygens (including phenoxy) is 2. The zero-order valence-corrected chi connectivity index (χ0v) is 22.7. The number of halogens is 2. The van der Waals surface area contributed by atoms with Gasteiger partial charge < -0.3 is 9.47 Å². The van der Waals surface area contributed by atoms with Crippen LogP contribution in [0.25, 0.3) is 16.8 Å². The number of thioether (sulfide) groups is 1. The third kappa shape index (κ3) is 5.50. The van der Waals surface area contributed by atoms with Crippen molar-refractivity contribution in [3.63, 3.8) is 0 Å². The van der Waals surface area contributed by atoms with Crippen molar-refractivity contribution >= 4 is 62.3 Å². The van der Waals surface area contributed by atoms with Gasteiger partial charge in [0.2, 0.25) is 0 Å². The number of rotatable bonds is 7. The average Bonchev–Trinajstić information content (AvgIpc) is 3.16. The number of hydrogen-bond acceptors (Lipinski definition) is 5. The molecule has 1 saturated heterocycles. The van der Waals surface area contributed by atoms with Gasteiger partial charge in [0.25, 0.3) is 11.1 Å². The fraction of sp³-hybridized carbons (Fsp3) is 0.103. The lowest BCUT2D eigenvalue weighted by Crippen LogP contribution is -2.27. The van der Waals surface area contributed by atoms with Crippen LogP contribution in [-0.2, 0) is 17.9 Å². The second kappa shape index (κ2) is 10.9. The molecule has 0 spiro atoms. The van der Waals surface area contributed by atoms with Crippen molar-refractivity contribution in [3.8, 4) is 11.5 Å². The first-order valence-electron chi connectivity index (χ1n) is 11.4. The Labute approximate surface area is 231 Å². The van der Waals surface area contributed by atoms with Crippen molar-refractivity contribution in [2.45, 2.75) is 13.2 Å². The minimum Gasteiger partial charge on any atom is -0.493 e. The molecule has 1 aliphatic rings. The van der Waals surface area contributed by atoms with Gasteiger partial charge in [0.05, 0.1) is 22.1 Å². The molecule has 4 aromatic rings. The van der Waals surface area contributed by atoms with Crippen LogP contribution in [0.5, 0.6) is 11.5 Å². The molecule has 5 rings (SSSR count). The van der Waals surface area contributed by atoms with Crippen LogP contribution in [0.1, 0.15) is 16.7 Å². The van der Waals surface area contributed by atoms with Crippen molar-refractivity contribution in [2.75, 3.05) is 7.11 Å². The van der Waals surface area contributed by atoms with Gasteiger partial charge >= 0.3 is 0 Å². The lowest BCUT2D eigenvalue weighted by Gasteiger charge is -2.15. The predicted molar refractivity (Wildman–Crippen MR) is 152 cm³/mol. The highest BCUT2D eigenvalue weighted by molar-refractivity contribution is 14.1. The summed E-state index contributed by atoms with van der Waals surface area (Å²) in [5, 5.41) is 1.78. The summed E-state index contributed by atoms with van der Waals surface area (Å²) in [5.41, 5.74) is 2.45. The summed E-state index contributed by atoms with van der Waals surface area (Å²) < 4.78 is 25.4. The molecule has 0 aromatic heterocycles. The topological polar surface area (TPSA) is 55.8 Å². The highest BCUT2D eigenvalue weighted by Crippen LogP contribution is 2.38. The Morgan fingerprint density at radius 3 is 2.54 bits per heavy atom. The van der Waals surface area contributed by atoms with Gasteiger partial charge in [0.15, 0.2) is 11.5 Å². The van der Waals surface area contributed by atoms with Gasteiger partial charge in [-0.25, -0.2) is 4.39 Å². The first kappa shape index (κ1) is 25.3. The van der Waals surface area contributed by atoms with E-state index in [4.69, 9.17) is 9.47 Å². The maximum absolute atomic E-state index is 13.2. The fourth-order valence-corrected chi connectivity index (χ4v) is 5.71. The number of carbonyl (C=O) groups is 2. The predicted octanol–water partition coefficient (Wildman–Crippen LogP) is 7.41. The Bertz CT molecular complexity index is 1530. The largest absolute Gasteiger partial charge is 0.493 e. The summed E-state index contributed by atoms with van der Waals surface area (Å²) in [6.07, 6.45) is 1.70. The first-order chi connectivity index (χ1) is 17.9. The zero-order valence-electron chi connectivity index (χ0n) is 19.7. The van der Waals surface area contributed by atoms with Crippen LogP contribution >= 0.6 is 34.4 Å². The average molecular weight is 625 g/mol. The van der Waals surface area contributed by atoms with Gasteiger partial charge in [-0.3, -0.25) is 14.5 Å². The molecule has 0 unspecified atom stereocenters. The molecule has 0 bridgehead atoms. The second-order valence-electron chi connectivity index (χ2n) is 8.36. The second-order valence-corrected chi connectivity index (χ2v) is 10.5.